The Bertz CT molecular complexity index is 860. The van der Waals surface area contributed by atoms with Gasteiger partial charge in [-0.15, -0.1) is 10.2 Å². The van der Waals surface area contributed by atoms with E-state index >= 15 is 0 Å². The lowest BCUT2D eigenvalue weighted by Gasteiger charge is -2.09. The van der Waals surface area contributed by atoms with E-state index in [1.165, 1.54) is 6.07 Å². The Morgan fingerprint density at radius 1 is 0.818 bits per heavy atom. The number of ether oxygens (including phenoxy) is 1. The van der Waals surface area contributed by atoms with Gasteiger partial charge >= 0.3 is 0 Å². The summed E-state index contributed by atoms with van der Waals surface area (Å²) >= 11 is 0. The highest BCUT2D eigenvalue weighted by molar-refractivity contribution is 5.97. The maximum Gasteiger partial charge on any atom is 0.151 e. The van der Waals surface area contributed by atoms with E-state index in [4.69, 9.17) is 4.74 Å². The van der Waals surface area contributed by atoms with Crippen LogP contribution < -0.4 is 4.74 Å². The van der Waals surface area contributed by atoms with Crippen molar-refractivity contribution in [2.75, 3.05) is 7.11 Å². The van der Waals surface area contributed by atoms with Gasteiger partial charge in [0, 0.05) is 16.8 Å². The zero-order valence-corrected chi connectivity index (χ0v) is 11.9. The highest BCUT2D eigenvalue weighted by Gasteiger charge is 2.11. The largest absolute Gasteiger partial charge is 0.506 e. The first-order valence-electron chi connectivity index (χ1n) is 6.69. The van der Waals surface area contributed by atoms with Crippen molar-refractivity contribution in [1.29, 1.82) is 0 Å². The zero-order valence-electron chi connectivity index (χ0n) is 11.9. The second-order valence-electron chi connectivity index (χ2n) is 4.68. The molecule has 0 saturated carbocycles. The molecule has 0 aliphatic rings. The summed E-state index contributed by atoms with van der Waals surface area (Å²) in [5.41, 5.74) is 0.604. The molecule has 3 rings (SSSR count). The van der Waals surface area contributed by atoms with Crippen LogP contribution in [0.15, 0.2) is 64.8 Å². The molecule has 5 heteroatoms. The number of azo groups is 1. The van der Waals surface area contributed by atoms with Crippen molar-refractivity contribution in [2.45, 2.75) is 0 Å². The van der Waals surface area contributed by atoms with Crippen LogP contribution in [0.5, 0.6) is 17.2 Å². The summed E-state index contributed by atoms with van der Waals surface area (Å²) in [7, 11) is 1.56. The van der Waals surface area contributed by atoms with E-state index in [9.17, 15) is 10.2 Å². The second kappa shape index (κ2) is 5.73. The summed E-state index contributed by atoms with van der Waals surface area (Å²) in [6.45, 7) is 0. The minimum Gasteiger partial charge on any atom is -0.506 e. The van der Waals surface area contributed by atoms with E-state index in [-0.39, 0.29) is 17.2 Å². The molecule has 0 atom stereocenters. The van der Waals surface area contributed by atoms with Crippen molar-refractivity contribution in [1.82, 2.24) is 0 Å². The van der Waals surface area contributed by atoms with Crippen molar-refractivity contribution in [2.24, 2.45) is 10.2 Å². The average Bonchev–Trinajstić information content (AvgIpc) is 2.56. The molecule has 0 spiro atoms. The fourth-order valence-corrected chi connectivity index (χ4v) is 2.21. The number of hydrogen-bond donors (Lipinski definition) is 2. The van der Waals surface area contributed by atoms with E-state index < -0.39 is 0 Å². The molecule has 22 heavy (non-hydrogen) atoms. The first-order valence-corrected chi connectivity index (χ1v) is 6.69. The van der Waals surface area contributed by atoms with E-state index in [1.807, 2.05) is 18.2 Å². The normalized spacial score (nSPS) is 11.1. The molecule has 3 aromatic rings. The van der Waals surface area contributed by atoms with Crippen LogP contribution in [0, 0.1) is 0 Å². The number of methoxy groups -OCH3 is 1. The summed E-state index contributed by atoms with van der Waals surface area (Å²) in [4.78, 5) is 0. The number of hydrogen-bond acceptors (Lipinski definition) is 5. The van der Waals surface area contributed by atoms with Crippen LogP contribution in [0.1, 0.15) is 0 Å². The van der Waals surface area contributed by atoms with Crippen LogP contribution in [0.4, 0.5) is 11.4 Å². The highest BCUT2D eigenvalue weighted by atomic mass is 16.5. The third-order valence-electron chi connectivity index (χ3n) is 3.33. The van der Waals surface area contributed by atoms with E-state index in [1.54, 1.807) is 37.4 Å². The minimum absolute atomic E-state index is 0.0237. The number of para-hydroxylation sites is 1. The summed E-state index contributed by atoms with van der Waals surface area (Å²) in [5, 5.41) is 29.5. The standard InChI is InChI=1S/C17H14N2O3/c1-22-16-10-14(17(21)12-7-3-2-6-11(12)16)19-18-13-8-4-5-9-15(13)20/h2-10,20-21H,1H3. The molecule has 0 unspecified atom stereocenters. The molecule has 0 amide bonds. The monoisotopic (exact) mass is 294 g/mol. The topological polar surface area (TPSA) is 74.4 Å². The van der Waals surface area contributed by atoms with Gasteiger partial charge in [-0.05, 0) is 12.1 Å². The van der Waals surface area contributed by atoms with Gasteiger partial charge in [0.1, 0.15) is 22.9 Å². The van der Waals surface area contributed by atoms with Crippen LogP contribution in [0.3, 0.4) is 0 Å². The fourth-order valence-electron chi connectivity index (χ4n) is 2.21. The molecule has 0 aliphatic heterocycles. The van der Waals surface area contributed by atoms with Gasteiger partial charge in [-0.25, -0.2) is 0 Å². The average molecular weight is 294 g/mol. The van der Waals surface area contributed by atoms with Crippen LogP contribution in [0.2, 0.25) is 0 Å². The van der Waals surface area contributed by atoms with Gasteiger partial charge in [-0.1, -0.05) is 36.4 Å². The van der Waals surface area contributed by atoms with E-state index in [2.05, 4.69) is 10.2 Å². The molecule has 3 aromatic carbocycles. The number of aromatic hydroxyl groups is 2. The van der Waals surface area contributed by atoms with Gasteiger partial charge in [-0.3, -0.25) is 0 Å². The number of fused-ring (bicyclic) bond motifs is 1. The molecule has 0 aliphatic carbocycles. The fraction of sp³-hybridized carbons (Fsp3) is 0.0588. The molecule has 5 nitrogen and oxygen atoms in total. The van der Waals surface area contributed by atoms with Gasteiger partial charge < -0.3 is 14.9 Å². The first-order chi connectivity index (χ1) is 10.7. The Hall–Kier alpha value is -3.08. The maximum absolute atomic E-state index is 10.3. The van der Waals surface area contributed by atoms with Crippen LogP contribution >= 0.6 is 0 Å². The predicted molar refractivity (Wildman–Crippen MR) is 84.4 cm³/mol. The van der Waals surface area contributed by atoms with Gasteiger partial charge in [0.15, 0.2) is 5.75 Å². The Morgan fingerprint density at radius 2 is 1.45 bits per heavy atom. The number of phenols is 2. The smallest absolute Gasteiger partial charge is 0.151 e. The predicted octanol–water partition coefficient (Wildman–Crippen LogP) is 4.68. The quantitative estimate of drug-likeness (QED) is 0.689. The Balaban J connectivity index is 2.11. The lowest BCUT2D eigenvalue weighted by Crippen LogP contribution is -1.85. The molecular weight excluding hydrogens is 280 g/mol. The van der Waals surface area contributed by atoms with E-state index in [0.29, 0.717) is 16.8 Å². The van der Waals surface area contributed by atoms with Crippen molar-refractivity contribution in [3.63, 3.8) is 0 Å². The number of phenolic OH excluding ortho intramolecular Hbond substituents is 2. The third-order valence-corrected chi connectivity index (χ3v) is 3.33. The van der Waals surface area contributed by atoms with Crippen molar-refractivity contribution in [3.05, 3.63) is 54.6 Å². The molecular formula is C17H14N2O3. The molecule has 0 bridgehead atoms. The van der Waals surface area contributed by atoms with E-state index in [0.717, 1.165) is 5.39 Å². The highest BCUT2D eigenvalue weighted by Crippen LogP contribution is 2.41. The first kappa shape index (κ1) is 13.9. The number of benzene rings is 3. The Morgan fingerprint density at radius 3 is 2.18 bits per heavy atom. The van der Waals surface area contributed by atoms with Crippen LogP contribution in [0.25, 0.3) is 10.8 Å². The van der Waals surface area contributed by atoms with Crippen LogP contribution in [-0.2, 0) is 0 Å². The molecule has 0 fully saturated rings. The summed E-state index contributed by atoms with van der Waals surface area (Å²) in [6.07, 6.45) is 0. The third kappa shape index (κ3) is 2.44. The van der Waals surface area contributed by atoms with Crippen molar-refractivity contribution in [3.8, 4) is 17.2 Å². The van der Waals surface area contributed by atoms with Crippen molar-refractivity contribution >= 4 is 22.1 Å². The lowest BCUT2D eigenvalue weighted by atomic mass is 10.1. The Labute approximate surface area is 127 Å². The summed E-state index contributed by atoms with van der Waals surface area (Å²) in [6, 6.07) is 15.5. The molecule has 110 valence electrons. The Kier molecular flexibility index (Phi) is 3.62. The second-order valence-corrected chi connectivity index (χ2v) is 4.68. The summed E-state index contributed by atoms with van der Waals surface area (Å²) < 4.78 is 5.34. The van der Waals surface area contributed by atoms with Gasteiger partial charge in [0.2, 0.25) is 0 Å². The number of nitrogens with zero attached hydrogens (tertiary/aromatic N) is 2. The molecule has 0 heterocycles. The van der Waals surface area contributed by atoms with Gasteiger partial charge in [0.25, 0.3) is 0 Å². The SMILES string of the molecule is COc1cc(N=Nc2ccccc2O)c(O)c2ccccc12. The maximum atomic E-state index is 10.3. The van der Waals surface area contributed by atoms with Crippen molar-refractivity contribution < 1.29 is 14.9 Å². The molecule has 0 aromatic heterocycles. The number of rotatable bonds is 3. The molecule has 0 radical (unpaired) electrons. The molecule has 2 N–H and O–H groups in total. The minimum atomic E-state index is 0.0237. The zero-order chi connectivity index (χ0) is 15.5. The van der Waals surface area contributed by atoms with Crippen LogP contribution in [-0.4, -0.2) is 17.3 Å². The van der Waals surface area contributed by atoms with Gasteiger partial charge in [-0.2, -0.15) is 0 Å². The molecule has 0 saturated heterocycles. The summed E-state index contributed by atoms with van der Waals surface area (Å²) in [5.74, 6) is 0.647. The van der Waals surface area contributed by atoms with Gasteiger partial charge in [0.05, 0.1) is 7.11 Å². The lowest BCUT2D eigenvalue weighted by molar-refractivity contribution is 0.418.